The monoisotopic (exact) mass is 278 g/mol. The van der Waals surface area contributed by atoms with Crippen molar-refractivity contribution in [3.63, 3.8) is 0 Å². The van der Waals surface area contributed by atoms with Crippen LogP contribution in [-0.4, -0.2) is 36.0 Å². The van der Waals surface area contributed by atoms with Crippen molar-refractivity contribution in [3.8, 4) is 0 Å². The second-order valence-corrected chi connectivity index (χ2v) is 7.14. The molecule has 104 valence electrons. The first-order valence-electron chi connectivity index (χ1n) is 7.18. The molecular weight excluding hydrogens is 256 g/mol. The lowest BCUT2D eigenvalue weighted by molar-refractivity contribution is -0.138. The molecule has 1 aromatic heterocycles. The van der Waals surface area contributed by atoms with Gasteiger partial charge in [0.25, 0.3) is 0 Å². The van der Waals surface area contributed by atoms with Crippen LogP contribution in [0.25, 0.3) is 0 Å². The largest absolute Gasteiger partial charge is 0.335 e. The third-order valence-electron chi connectivity index (χ3n) is 4.56. The molecule has 2 fully saturated rings. The molecule has 2 aliphatic rings. The Morgan fingerprint density at radius 3 is 2.89 bits per heavy atom. The molecule has 0 saturated carbocycles. The molecule has 3 heterocycles. The van der Waals surface area contributed by atoms with Crippen LogP contribution in [0.1, 0.15) is 38.0 Å². The second kappa shape index (κ2) is 4.91. The fraction of sp³-hybridized carbons (Fsp3) is 0.667. The highest BCUT2D eigenvalue weighted by Crippen LogP contribution is 2.35. The van der Waals surface area contributed by atoms with E-state index in [1.807, 2.05) is 6.07 Å². The molecule has 2 bridgehead atoms. The van der Waals surface area contributed by atoms with Gasteiger partial charge in [0.2, 0.25) is 5.91 Å². The summed E-state index contributed by atoms with van der Waals surface area (Å²) in [5.41, 5.74) is -0.390. The van der Waals surface area contributed by atoms with Crippen LogP contribution in [0, 0.1) is 0 Å². The third kappa shape index (κ3) is 2.21. The Kier molecular flexibility index (Phi) is 3.39. The highest BCUT2D eigenvalue weighted by atomic mass is 32.1. The minimum atomic E-state index is -0.390. The molecule has 0 spiro atoms. The Hall–Kier alpha value is -0.870. The minimum Gasteiger partial charge on any atom is -0.335 e. The van der Waals surface area contributed by atoms with Crippen molar-refractivity contribution < 1.29 is 4.79 Å². The molecule has 2 atom stereocenters. The van der Waals surface area contributed by atoms with E-state index >= 15 is 0 Å². The molecule has 19 heavy (non-hydrogen) atoms. The Morgan fingerprint density at radius 2 is 2.16 bits per heavy atom. The van der Waals surface area contributed by atoms with Gasteiger partial charge in [0.05, 0.1) is 5.41 Å². The predicted molar refractivity (Wildman–Crippen MR) is 78.5 cm³/mol. The highest BCUT2D eigenvalue weighted by Gasteiger charge is 2.44. The van der Waals surface area contributed by atoms with Gasteiger partial charge in [-0.3, -0.25) is 4.79 Å². The predicted octanol–water partition coefficient (Wildman–Crippen LogP) is 2.38. The second-order valence-electron chi connectivity index (χ2n) is 6.19. The lowest BCUT2D eigenvalue weighted by atomic mass is 9.89. The number of hydrogen-bond donors (Lipinski definition) is 1. The first-order chi connectivity index (χ1) is 9.10. The van der Waals surface area contributed by atoms with Crippen molar-refractivity contribution in [2.45, 2.75) is 50.6 Å². The lowest BCUT2D eigenvalue weighted by Gasteiger charge is -2.35. The summed E-state index contributed by atoms with van der Waals surface area (Å²) in [7, 11) is 0. The quantitative estimate of drug-likeness (QED) is 0.901. The number of carbonyl (C=O) groups excluding carboxylic acids is 1. The summed E-state index contributed by atoms with van der Waals surface area (Å²) in [6, 6.07) is 4.97. The van der Waals surface area contributed by atoms with Crippen LogP contribution in [0.15, 0.2) is 17.5 Å². The summed E-state index contributed by atoms with van der Waals surface area (Å²) < 4.78 is 0. The Morgan fingerprint density at radius 1 is 1.37 bits per heavy atom. The number of thiophene rings is 1. The summed E-state index contributed by atoms with van der Waals surface area (Å²) in [5.74, 6) is 0.311. The molecule has 1 amide bonds. The van der Waals surface area contributed by atoms with Crippen LogP contribution in [0.5, 0.6) is 0 Å². The molecule has 3 rings (SSSR count). The van der Waals surface area contributed by atoms with Crippen molar-refractivity contribution >= 4 is 17.2 Å². The van der Waals surface area contributed by atoms with Gasteiger partial charge in [-0.2, -0.15) is 0 Å². The van der Waals surface area contributed by atoms with Gasteiger partial charge in [-0.1, -0.05) is 6.07 Å². The van der Waals surface area contributed by atoms with E-state index in [0.717, 1.165) is 25.9 Å². The van der Waals surface area contributed by atoms with E-state index in [1.54, 1.807) is 11.3 Å². The normalized spacial score (nSPS) is 27.4. The highest BCUT2D eigenvalue weighted by molar-refractivity contribution is 7.10. The number of rotatable bonds is 2. The fourth-order valence-electron chi connectivity index (χ4n) is 3.38. The van der Waals surface area contributed by atoms with E-state index in [-0.39, 0.29) is 5.41 Å². The van der Waals surface area contributed by atoms with Crippen LogP contribution in [0.4, 0.5) is 0 Å². The number of amides is 1. The Bertz CT molecular complexity index is 441. The molecule has 2 unspecified atom stereocenters. The third-order valence-corrected chi connectivity index (χ3v) is 5.75. The van der Waals surface area contributed by atoms with E-state index in [0.29, 0.717) is 18.0 Å². The van der Waals surface area contributed by atoms with Crippen molar-refractivity contribution in [3.05, 3.63) is 22.4 Å². The molecule has 0 radical (unpaired) electrons. The number of hydrogen-bond acceptors (Lipinski definition) is 3. The van der Waals surface area contributed by atoms with Gasteiger partial charge in [0, 0.05) is 23.5 Å². The van der Waals surface area contributed by atoms with Crippen LogP contribution >= 0.6 is 11.3 Å². The van der Waals surface area contributed by atoms with Gasteiger partial charge in [0.1, 0.15) is 0 Å². The van der Waals surface area contributed by atoms with E-state index in [4.69, 9.17) is 0 Å². The zero-order valence-electron chi connectivity index (χ0n) is 11.7. The van der Waals surface area contributed by atoms with E-state index < -0.39 is 0 Å². The maximum Gasteiger partial charge on any atom is 0.234 e. The fourth-order valence-corrected chi connectivity index (χ4v) is 4.22. The number of fused-ring (bicyclic) bond motifs is 2. The summed E-state index contributed by atoms with van der Waals surface area (Å²) in [4.78, 5) is 16.4. The van der Waals surface area contributed by atoms with E-state index in [9.17, 15) is 4.79 Å². The average molecular weight is 278 g/mol. The maximum atomic E-state index is 13.0. The molecule has 1 N–H and O–H groups in total. The van der Waals surface area contributed by atoms with Gasteiger partial charge < -0.3 is 10.2 Å². The van der Waals surface area contributed by atoms with Crippen LogP contribution in [-0.2, 0) is 10.2 Å². The van der Waals surface area contributed by atoms with Crippen LogP contribution in [0.2, 0.25) is 0 Å². The Balaban J connectivity index is 1.87. The standard InChI is InChI=1S/C15H22N2OS/c1-15(2,13-4-3-9-19-13)14(18)17-11-5-6-12(17)10-16-8-7-11/h3-4,9,11-12,16H,5-8,10H2,1-2H3. The van der Waals surface area contributed by atoms with E-state index in [1.165, 1.54) is 11.3 Å². The molecular formula is C15H22N2OS. The molecule has 1 aromatic rings. The summed E-state index contributed by atoms with van der Waals surface area (Å²) in [6.45, 7) is 6.14. The Labute approximate surface area is 119 Å². The van der Waals surface area contributed by atoms with Crippen LogP contribution in [0.3, 0.4) is 0 Å². The topological polar surface area (TPSA) is 32.3 Å². The minimum absolute atomic E-state index is 0.311. The number of nitrogens with one attached hydrogen (secondary N) is 1. The molecule has 0 aromatic carbocycles. The smallest absolute Gasteiger partial charge is 0.234 e. The zero-order valence-corrected chi connectivity index (χ0v) is 12.5. The van der Waals surface area contributed by atoms with Crippen LogP contribution < -0.4 is 5.32 Å². The van der Waals surface area contributed by atoms with Gasteiger partial charge in [0.15, 0.2) is 0 Å². The summed E-state index contributed by atoms with van der Waals surface area (Å²) in [6.07, 6.45) is 3.44. The molecule has 0 aliphatic carbocycles. The number of carbonyl (C=O) groups is 1. The first kappa shape index (κ1) is 13.1. The average Bonchev–Trinajstić information content (AvgIpc) is 2.95. The first-order valence-corrected chi connectivity index (χ1v) is 8.06. The lowest BCUT2D eigenvalue weighted by Crippen LogP contribution is -2.49. The molecule has 3 nitrogen and oxygen atoms in total. The van der Waals surface area contributed by atoms with Gasteiger partial charge >= 0.3 is 0 Å². The van der Waals surface area contributed by atoms with Crippen molar-refractivity contribution in [1.29, 1.82) is 0 Å². The van der Waals surface area contributed by atoms with E-state index in [2.05, 4.69) is 35.5 Å². The summed E-state index contributed by atoms with van der Waals surface area (Å²) in [5, 5.41) is 5.52. The van der Waals surface area contributed by atoms with Crippen molar-refractivity contribution in [2.24, 2.45) is 0 Å². The van der Waals surface area contributed by atoms with Crippen molar-refractivity contribution in [1.82, 2.24) is 10.2 Å². The SMILES string of the molecule is CC(C)(C(=O)N1C2CCNCC1CC2)c1cccs1. The molecule has 2 aliphatic heterocycles. The number of nitrogens with zero attached hydrogens (tertiary/aromatic N) is 1. The molecule has 2 saturated heterocycles. The van der Waals surface area contributed by atoms with Crippen molar-refractivity contribution in [2.75, 3.05) is 13.1 Å². The van der Waals surface area contributed by atoms with Gasteiger partial charge in [-0.25, -0.2) is 0 Å². The summed E-state index contributed by atoms with van der Waals surface area (Å²) >= 11 is 1.69. The molecule has 4 heteroatoms. The maximum absolute atomic E-state index is 13.0. The zero-order chi connectivity index (χ0) is 13.5. The van der Waals surface area contributed by atoms with Gasteiger partial charge in [-0.05, 0) is 51.1 Å². The van der Waals surface area contributed by atoms with Gasteiger partial charge in [-0.15, -0.1) is 11.3 Å².